The number of aliphatic imine (C=N–C) groups is 1. The molecule has 29 heavy (non-hydrogen) atoms. The maximum Gasteiger partial charge on any atom is 0.191 e. The number of hydrogen-bond donors (Lipinski definition) is 2. The Morgan fingerprint density at radius 1 is 1.31 bits per heavy atom. The van der Waals surface area contributed by atoms with Gasteiger partial charge in [-0.2, -0.15) is 5.10 Å². The molecule has 1 aromatic heterocycles. The number of benzene rings is 1. The van der Waals surface area contributed by atoms with Crippen molar-refractivity contribution in [2.45, 2.75) is 53.0 Å². The van der Waals surface area contributed by atoms with E-state index in [4.69, 9.17) is 4.74 Å². The van der Waals surface area contributed by atoms with Gasteiger partial charge in [-0.15, -0.1) is 24.0 Å². The molecule has 6 nitrogen and oxygen atoms in total. The summed E-state index contributed by atoms with van der Waals surface area (Å²) in [6.45, 7) is 10.0. The number of aryl methyl sites for hydroxylation is 2. The summed E-state index contributed by atoms with van der Waals surface area (Å²) in [6.07, 6.45) is 2.85. The van der Waals surface area contributed by atoms with Gasteiger partial charge in [0.2, 0.25) is 0 Å². The normalized spacial score (nSPS) is 12.3. The molecule has 2 aromatic rings. The molecule has 0 radical (unpaired) electrons. The standard InChI is InChI=1S/C22H35N5O.HI/c1-7-13-28-20-10-8-9-19(15-20)11-12-24-22(23-5)25-16(2)14-21-17(3)26-27(6)18(21)4;/h8-10,15-16H,7,11-14H2,1-6H3,(H2,23,24,25);1H. The molecule has 2 N–H and O–H groups in total. The van der Waals surface area contributed by atoms with Crippen molar-refractivity contribution in [1.29, 1.82) is 0 Å². The zero-order valence-electron chi connectivity index (χ0n) is 18.6. The molecule has 1 heterocycles. The predicted molar refractivity (Wildman–Crippen MR) is 132 cm³/mol. The molecule has 162 valence electrons. The highest BCUT2D eigenvalue weighted by molar-refractivity contribution is 14.0. The lowest BCUT2D eigenvalue weighted by atomic mass is 10.1. The van der Waals surface area contributed by atoms with Crippen LogP contribution in [0, 0.1) is 13.8 Å². The fraction of sp³-hybridized carbons (Fsp3) is 0.545. The highest BCUT2D eigenvalue weighted by Gasteiger charge is 2.14. The summed E-state index contributed by atoms with van der Waals surface area (Å²) < 4.78 is 7.66. The summed E-state index contributed by atoms with van der Waals surface area (Å²) in [5.74, 6) is 1.77. The molecule has 2 rings (SSSR count). The van der Waals surface area contributed by atoms with Crippen molar-refractivity contribution in [1.82, 2.24) is 20.4 Å². The minimum absolute atomic E-state index is 0. The van der Waals surface area contributed by atoms with Crippen LogP contribution in [-0.2, 0) is 19.9 Å². The average Bonchev–Trinajstić information content (AvgIpc) is 2.92. The van der Waals surface area contributed by atoms with Gasteiger partial charge in [0, 0.05) is 32.4 Å². The molecule has 0 aliphatic carbocycles. The molecule has 1 aromatic carbocycles. The number of halogens is 1. The first-order valence-electron chi connectivity index (χ1n) is 10.1. The lowest BCUT2D eigenvalue weighted by Crippen LogP contribution is -2.43. The topological polar surface area (TPSA) is 63.5 Å². The van der Waals surface area contributed by atoms with E-state index in [9.17, 15) is 0 Å². The summed E-state index contributed by atoms with van der Waals surface area (Å²) in [7, 11) is 3.80. The van der Waals surface area contributed by atoms with Crippen LogP contribution in [0.3, 0.4) is 0 Å². The van der Waals surface area contributed by atoms with E-state index >= 15 is 0 Å². The summed E-state index contributed by atoms with van der Waals surface area (Å²) in [6, 6.07) is 8.57. The number of ether oxygens (including phenoxy) is 1. The van der Waals surface area contributed by atoms with Crippen molar-refractivity contribution in [3.8, 4) is 5.75 Å². The van der Waals surface area contributed by atoms with Crippen LogP contribution in [0.5, 0.6) is 5.75 Å². The first-order valence-corrected chi connectivity index (χ1v) is 10.1. The van der Waals surface area contributed by atoms with E-state index in [1.165, 1.54) is 16.8 Å². The minimum Gasteiger partial charge on any atom is -0.494 e. The van der Waals surface area contributed by atoms with Gasteiger partial charge in [-0.05, 0) is 63.3 Å². The van der Waals surface area contributed by atoms with Crippen LogP contribution in [0.4, 0.5) is 0 Å². The summed E-state index contributed by atoms with van der Waals surface area (Å²) in [5, 5.41) is 11.4. The number of aromatic nitrogens is 2. The van der Waals surface area contributed by atoms with Crippen molar-refractivity contribution >= 4 is 29.9 Å². The monoisotopic (exact) mass is 513 g/mol. The molecule has 0 saturated heterocycles. The summed E-state index contributed by atoms with van der Waals surface area (Å²) >= 11 is 0. The molecule has 0 spiro atoms. The van der Waals surface area contributed by atoms with Gasteiger partial charge in [-0.1, -0.05) is 19.1 Å². The second kappa shape index (κ2) is 12.7. The van der Waals surface area contributed by atoms with E-state index < -0.39 is 0 Å². The van der Waals surface area contributed by atoms with E-state index in [0.717, 1.165) is 49.8 Å². The van der Waals surface area contributed by atoms with E-state index in [1.807, 2.05) is 30.9 Å². The van der Waals surface area contributed by atoms with E-state index in [0.29, 0.717) is 0 Å². The van der Waals surface area contributed by atoms with E-state index in [-0.39, 0.29) is 30.0 Å². The lowest BCUT2D eigenvalue weighted by molar-refractivity contribution is 0.317. The van der Waals surface area contributed by atoms with Crippen molar-refractivity contribution in [3.05, 3.63) is 46.8 Å². The van der Waals surface area contributed by atoms with Gasteiger partial charge in [-0.25, -0.2) is 0 Å². The molecule has 0 fully saturated rings. The number of nitrogens with one attached hydrogen (secondary N) is 2. The molecule has 0 saturated carbocycles. The van der Waals surface area contributed by atoms with Gasteiger partial charge in [-0.3, -0.25) is 9.67 Å². The van der Waals surface area contributed by atoms with E-state index in [2.05, 4.69) is 60.6 Å². The lowest BCUT2D eigenvalue weighted by Gasteiger charge is -2.18. The predicted octanol–water partition coefficient (Wildman–Crippen LogP) is 3.78. The Kier molecular flexibility index (Phi) is 11.1. The van der Waals surface area contributed by atoms with Crippen LogP contribution in [0.1, 0.15) is 42.8 Å². The number of nitrogens with zero attached hydrogens (tertiary/aromatic N) is 3. The van der Waals surface area contributed by atoms with Gasteiger partial charge >= 0.3 is 0 Å². The number of hydrogen-bond acceptors (Lipinski definition) is 3. The van der Waals surface area contributed by atoms with Crippen LogP contribution in [-0.4, -0.2) is 42.0 Å². The Morgan fingerprint density at radius 3 is 2.69 bits per heavy atom. The fourth-order valence-corrected chi connectivity index (χ4v) is 3.23. The second-order valence-electron chi connectivity index (χ2n) is 7.27. The highest BCUT2D eigenvalue weighted by Crippen LogP contribution is 2.15. The Balaban J connectivity index is 0.00000420. The Bertz CT molecular complexity index is 788. The molecule has 0 bridgehead atoms. The SMILES string of the molecule is CCCOc1cccc(CCNC(=NC)NC(C)Cc2c(C)nn(C)c2C)c1.I. The molecule has 1 atom stereocenters. The quantitative estimate of drug-likeness (QED) is 0.305. The third kappa shape index (κ3) is 7.87. The highest BCUT2D eigenvalue weighted by atomic mass is 127. The maximum atomic E-state index is 5.71. The molecular weight excluding hydrogens is 477 g/mol. The molecular formula is C22H36IN5O. The van der Waals surface area contributed by atoms with Crippen LogP contribution in [0.25, 0.3) is 0 Å². The zero-order chi connectivity index (χ0) is 20.5. The Hall–Kier alpha value is -1.77. The minimum atomic E-state index is 0. The third-order valence-electron chi connectivity index (χ3n) is 4.85. The summed E-state index contributed by atoms with van der Waals surface area (Å²) in [5.41, 5.74) is 4.88. The second-order valence-corrected chi connectivity index (χ2v) is 7.27. The molecule has 1 unspecified atom stereocenters. The number of rotatable bonds is 9. The largest absolute Gasteiger partial charge is 0.494 e. The molecule has 7 heteroatoms. The van der Waals surface area contributed by atoms with E-state index in [1.54, 1.807) is 0 Å². The van der Waals surface area contributed by atoms with Crippen molar-refractivity contribution < 1.29 is 4.74 Å². The Labute approximate surface area is 192 Å². The first-order chi connectivity index (χ1) is 13.4. The molecule has 0 aliphatic heterocycles. The van der Waals surface area contributed by atoms with Crippen LogP contribution < -0.4 is 15.4 Å². The van der Waals surface area contributed by atoms with Gasteiger partial charge in [0.15, 0.2) is 5.96 Å². The number of guanidine groups is 1. The third-order valence-corrected chi connectivity index (χ3v) is 4.85. The van der Waals surface area contributed by atoms with Crippen molar-refractivity contribution in [2.24, 2.45) is 12.0 Å². The van der Waals surface area contributed by atoms with Gasteiger partial charge < -0.3 is 15.4 Å². The van der Waals surface area contributed by atoms with Crippen molar-refractivity contribution in [3.63, 3.8) is 0 Å². The van der Waals surface area contributed by atoms with Gasteiger partial charge in [0.1, 0.15) is 5.75 Å². The molecule has 0 aliphatic rings. The average molecular weight is 513 g/mol. The fourth-order valence-electron chi connectivity index (χ4n) is 3.23. The van der Waals surface area contributed by atoms with Crippen LogP contribution in [0.2, 0.25) is 0 Å². The molecule has 0 amide bonds. The first kappa shape index (κ1) is 25.3. The van der Waals surface area contributed by atoms with Gasteiger partial charge in [0.25, 0.3) is 0 Å². The Morgan fingerprint density at radius 2 is 2.07 bits per heavy atom. The van der Waals surface area contributed by atoms with Crippen molar-refractivity contribution in [2.75, 3.05) is 20.2 Å². The van der Waals surface area contributed by atoms with Crippen LogP contribution >= 0.6 is 24.0 Å². The maximum absolute atomic E-state index is 5.71. The zero-order valence-corrected chi connectivity index (χ0v) is 20.9. The summed E-state index contributed by atoms with van der Waals surface area (Å²) in [4.78, 5) is 4.36. The smallest absolute Gasteiger partial charge is 0.191 e. The van der Waals surface area contributed by atoms with Gasteiger partial charge in [0.05, 0.1) is 12.3 Å². The van der Waals surface area contributed by atoms with Crippen LogP contribution in [0.15, 0.2) is 29.3 Å².